The van der Waals surface area contributed by atoms with Crippen LogP contribution < -0.4 is 0 Å². The van der Waals surface area contributed by atoms with Gasteiger partial charge in [0.2, 0.25) is 0 Å². The number of hydrogen-bond donors (Lipinski definition) is 0. The maximum Gasteiger partial charge on any atom is 0.171 e. The third-order valence-corrected chi connectivity index (χ3v) is 3.82. The molecule has 1 unspecified atom stereocenters. The summed E-state index contributed by atoms with van der Waals surface area (Å²) in [6, 6.07) is 10.2. The quantitative estimate of drug-likeness (QED) is 0.776. The van der Waals surface area contributed by atoms with Gasteiger partial charge in [-0.25, -0.2) is 0 Å². The van der Waals surface area contributed by atoms with Crippen molar-refractivity contribution in [1.29, 1.82) is 0 Å². The lowest BCUT2D eigenvalue weighted by Crippen LogP contribution is -2.31. The fourth-order valence-electron chi connectivity index (χ4n) is 2.74. The Kier molecular flexibility index (Phi) is 4.34. The average Bonchev–Trinajstić information content (AvgIpc) is 2.89. The lowest BCUT2D eigenvalue weighted by molar-refractivity contribution is 0.263. The van der Waals surface area contributed by atoms with Crippen LogP contribution in [0.5, 0.6) is 0 Å². The van der Waals surface area contributed by atoms with Crippen LogP contribution in [-0.4, -0.2) is 29.4 Å². The average molecular weight is 304 g/mol. The molecule has 1 atom stereocenters. The molecule has 1 aromatic rings. The second kappa shape index (κ2) is 6.58. The number of terminal acetylenes is 1. The van der Waals surface area contributed by atoms with Crippen molar-refractivity contribution >= 4 is 11.9 Å². The van der Waals surface area contributed by atoms with Crippen molar-refractivity contribution in [1.82, 2.24) is 4.90 Å². The van der Waals surface area contributed by atoms with Gasteiger partial charge >= 0.3 is 0 Å². The Hall–Kier alpha value is -2.73. The van der Waals surface area contributed by atoms with Crippen LogP contribution in [-0.2, 0) is 4.74 Å². The Bertz CT molecular complexity index is 722. The van der Waals surface area contributed by atoms with Crippen LogP contribution in [0.25, 0.3) is 6.08 Å². The topological polar surface area (TPSA) is 24.8 Å². The first-order valence-electron chi connectivity index (χ1n) is 7.73. The van der Waals surface area contributed by atoms with Gasteiger partial charge in [-0.1, -0.05) is 36.4 Å². The minimum absolute atomic E-state index is 0.235. The highest BCUT2D eigenvalue weighted by atomic mass is 16.5. The zero-order valence-electron chi connectivity index (χ0n) is 13.3. The van der Waals surface area contributed by atoms with E-state index in [2.05, 4.69) is 36.0 Å². The number of aliphatic imine (C=N–C) groups is 1. The summed E-state index contributed by atoms with van der Waals surface area (Å²) < 4.78 is 5.89. The van der Waals surface area contributed by atoms with Gasteiger partial charge in [0.05, 0.1) is 12.1 Å². The second-order valence-electron chi connectivity index (χ2n) is 5.94. The van der Waals surface area contributed by atoms with Crippen LogP contribution in [0.4, 0.5) is 0 Å². The van der Waals surface area contributed by atoms with E-state index in [4.69, 9.17) is 16.2 Å². The van der Waals surface area contributed by atoms with Crippen LogP contribution in [0, 0.1) is 12.3 Å². The molecular weight excluding hydrogens is 284 g/mol. The smallest absolute Gasteiger partial charge is 0.171 e. The molecule has 0 fully saturated rings. The molecular formula is C20H20N2O. The first kappa shape index (κ1) is 15.2. The first-order chi connectivity index (χ1) is 11.2. The van der Waals surface area contributed by atoms with Gasteiger partial charge in [0.25, 0.3) is 0 Å². The fourth-order valence-corrected chi connectivity index (χ4v) is 2.74. The van der Waals surface area contributed by atoms with Crippen LogP contribution >= 0.6 is 0 Å². The molecule has 3 nitrogen and oxygen atoms in total. The molecule has 0 saturated carbocycles. The van der Waals surface area contributed by atoms with Crippen molar-refractivity contribution in [2.24, 2.45) is 4.99 Å². The SMILES string of the molecule is C#CCC1(C)CN2C=CC=C(OCC=Cc3ccccc3)C2=N1. The Morgan fingerprint density at radius 3 is 3.00 bits per heavy atom. The molecule has 0 amide bonds. The summed E-state index contributed by atoms with van der Waals surface area (Å²) in [4.78, 5) is 6.89. The van der Waals surface area contributed by atoms with Crippen LogP contribution in [0.1, 0.15) is 18.9 Å². The molecule has 0 aromatic heterocycles. The molecule has 23 heavy (non-hydrogen) atoms. The van der Waals surface area contributed by atoms with E-state index in [0.29, 0.717) is 13.0 Å². The van der Waals surface area contributed by atoms with Gasteiger partial charge < -0.3 is 9.64 Å². The summed E-state index contributed by atoms with van der Waals surface area (Å²) in [5.74, 6) is 4.39. The number of hydrogen-bond acceptors (Lipinski definition) is 3. The fraction of sp³-hybridized carbons (Fsp3) is 0.250. The molecule has 2 aliphatic heterocycles. The van der Waals surface area contributed by atoms with Crippen molar-refractivity contribution in [3.8, 4) is 12.3 Å². The number of rotatable bonds is 5. The van der Waals surface area contributed by atoms with E-state index in [1.165, 1.54) is 0 Å². The summed E-state index contributed by atoms with van der Waals surface area (Å²) in [6.07, 6.45) is 16.1. The predicted octanol–water partition coefficient (Wildman–Crippen LogP) is 3.62. The Morgan fingerprint density at radius 2 is 2.22 bits per heavy atom. The molecule has 116 valence electrons. The van der Waals surface area contributed by atoms with Gasteiger partial charge in [-0.3, -0.25) is 4.99 Å². The molecule has 0 spiro atoms. The van der Waals surface area contributed by atoms with Crippen LogP contribution in [0.3, 0.4) is 0 Å². The summed E-state index contributed by atoms with van der Waals surface area (Å²) in [7, 11) is 0. The molecule has 0 radical (unpaired) electrons. The number of allylic oxidation sites excluding steroid dienone is 2. The predicted molar refractivity (Wildman–Crippen MR) is 94.6 cm³/mol. The normalized spacial score (nSPS) is 22.5. The Morgan fingerprint density at radius 1 is 1.39 bits per heavy atom. The molecule has 3 rings (SSSR count). The number of fused-ring (bicyclic) bond motifs is 1. The highest BCUT2D eigenvalue weighted by Gasteiger charge is 2.36. The number of benzene rings is 1. The van der Waals surface area contributed by atoms with Crippen molar-refractivity contribution in [2.75, 3.05) is 13.2 Å². The van der Waals surface area contributed by atoms with Gasteiger partial charge in [0, 0.05) is 12.6 Å². The molecule has 2 aliphatic rings. The van der Waals surface area contributed by atoms with Crippen LogP contribution in [0.2, 0.25) is 0 Å². The molecule has 0 aliphatic carbocycles. The Labute approximate surface area is 137 Å². The molecule has 1 aromatic carbocycles. The van der Waals surface area contributed by atoms with E-state index in [0.717, 1.165) is 23.7 Å². The highest BCUT2D eigenvalue weighted by Crippen LogP contribution is 2.29. The van der Waals surface area contributed by atoms with Gasteiger partial charge in [-0.2, -0.15) is 0 Å². The lowest BCUT2D eigenvalue weighted by atomic mass is 10.0. The van der Waals surface area contributed by atoms with E-state index in [1.54, 1.807) is 0 Å². The third kappa shape index (κ3) is 3.54. The lowest BCUT2D eigenvalue weighted by Gasteiger charge is -2.22. The zero-order chi connectivity index (χ0) is 16.1. The number of ether oxygens (including phenoxy) is 1. The van der Waals surface area contributed by atoms with Gasteiger partial charge in [-0.15, -0.1) is 12.3 Å². The number of nitrogens with zero attached hydrogens (tertiary/aromatic N) is 2. The number of amidine groups is 1. The summed E-state index contributed by atoms with van der Waals surface area (Å²) >= 11 is 0. The van der Waals surface area contributed by atoms with Crippen molar-refractivity contribution in [3.05, 3.63) is 66.1 Å². The second-order valence-corrected chi connectivity index (χ2v) is 5.94. The monoisotopic (exact) mass is 304 g/mol. The van der Waals surface area contributed by atoms with E-state index in [-0.39, 0.29) is 5.54 Å². The van der Waals surface area contributed by atoms with E-state index >= 15 is 0 Å². The molecule has 2 heterocycles. The van der Waals surface area contributed by atoms with Crippen LogP contribution in [0.15, 0.2) is 65.5 Å². The molecule has 0 bridgehead atoms. The summed E-state index contributed by atoms with van der Waals surface area (Å²) in [5, 5.41) is 0. The van der Waals surface area contributed by atoms with Gasteiger partial charge in [0.1, 0.15) is 6.61 Å². The van der Waals surface area contributed by atoms with Crippen molar-refractivity contribution in [3.63, 3.8) is 0 Å². The molecule has 3 heteroatoms. The van der Waals surface area contributed by atoms with Crippen molar-refractivity contribution < 1.29 is 4.74 Å². The maximum atomic E-state index is 5.89. The van der Waals surface area contributed by atoms with Gasteiger partial charge in [0.15, 0.2) is 11.6 Å². The Balaban J connectivity index is 1.64. The van der Waals surface area contributed by atoms with E-state index < -0.39 is 0 Å². The third-order valence-electron chi connectivity index (χ3n) is 3.82. The van der Waals surface area contributed by atoms with E-state index in [1.807, 2.05) is 42.6 Å². The summed E-state index contributed by atoms with van der Waals surface area (Å²) in [6.45, 7) is 3.38. The molecule has 0 saturated heterocycles. The zero-order valence-corrected chi connectivity index (χ0v) is 13.3. The standard InChI is InChI=1S/C20H20N2O/c1-3-13-20(2)16-22-14-7-12-18(19(22)21-20)23-15-8-11-17-9-5-4-6-10-17/h1,4-12,14H,13,15-16H2,2H3. The van der Waals surface area contributed by atoms with Crippen molar-refractivity contribution in [2.45, 2.75) is 18.9 Å². The van der Waals surface area contributed by atoms with E-state index in [9.17, 15) is 0 Å². The highest BCUT2D eigenvalue weighted by molar-refractivity contribution is 6.00. The molecule has 0 N–H and O–H groups in total. The minimum atomic E-state index is -0.235. The first-order valence-corrected chi connectivity index (χ1v) is 7.73. The maximum absolute atomic E-state index is 5.89. The summed E-state index contributed by atoms with van der Waals surface area (Å²) in [5.41, 5.74) is 0.927. The van der Waals surface area contributed by atoms with Gasteiger partial charge in [-0.05, 0) is 30.7 Å². The largest absolute Gasteiger partial charge is 0.486 e. The minimum Gasteiger partial charge on any atom is -0.486 e.